The van der Waals surface area contributed by atoms with E-state index in [-0.39, 0.29) is 12.5 Å². The van der Waals surface area contributed by atoms with Crippen molar-refractivity contribution >= 4 is 27.5 Å². The molecule has 1 heterocycles. The molecule has 0 radical (unpaired) electrons. The molecule has 1 aliphatic heterocycles. The van der Waals surface area contributed by atoms with Crippen molar-refractivity contribution in [3.8, 4) is 11.5 Å². The molecule has 0 saturated heterocycles. The zero-order valence-corrected chi connectivity index (χ0v) is 13.8. The van der Waals surface area contributed by atoms with Gasteiger partial charge in [0.1, 0.15) is 0 Å². The summed E-state index contributed by atoms with van der Waals surface area (Å²) in [6.07, 6.45) is 0. The van der Waals surface area contributed by atoms with Gasteiger partial charge in [0.25, 0.3) is 5.91 Å². The van der Waals surface area contributed by atoms with Gasteiger partial charge in [-0.1, -0.05) is 24.3 Å². The Hall–Kier alpha value is -2.01. The van der Waals surface area contributed by atoms with Crippen LogP contribution in [0, 0.1) is 0 Å². The van der Waals surface area contributed by atoms with Crippen LogP contribution in [-0.2, 0) is 11.3 Å². The first-order valence-corrected chi connectivity index (χ1v) is 7.92. The minimum absolute atomic E-state index is 0.00157. The number of hydrogen-bond acceptors (Lipinski definition) is 3. The number of para-hydroxylation sites is 2. The molecule has 0 unspecified atom stereocenters. The molecule has 5 heteroatoms. The third kappa shape index (κ3) is 2.81. The topological polar surface area (TPSA) is 38.8 Å². The normalized spacial score (nSPS) is 14.1. The van der Waals surface area contributed by atoms with Gasteiger partial charge in [-0.2, -0.15) is 0 Å². The van der Waals surface area contributed by atoms with E-state index in [9.17, 15) is 4.79 Å². The predicted molar refractivity (Wildman–Crippen MR) is 88.4 cm³/mol. The van der Waals surface area contributed by atoms with Crippen LogP contribution >= 0.6 is 15.9 Å². The average molecular weight is 362 g/mol. The van der Waals surface area contributed by atoms with Crippen LogP contribution in [0.25, 0.3) is 0 Å². The summed E-state index contributed by atoms with van der Waals surface area (Å²) in [5.74, 6) is 1.26. The Morgan fingerprint density at radius 1 is 1.23 bits per heavy atom. The lowest BCUT2D eigenvalue weighted by molar-refractivity contribution is -0.120. The fourth-order valence-corrected chi connectivity index (χ4v) is 2.98. The Morgan fingerprint density at radius 2 is 2.05 bits per heavy atom. The van der Waals surface area contributed by atoms with Crippen molar-refractivity contribution in [1.29, 1.82) is 0 Å². The molecule has 0 spiro atoms. The third-order valence-electron chi connectivity index (χ3n) is 3.47. The molecule has 0 aliphatic carbocycles. The van der Waals surface area contributed by atoms with Crippen molar-refractivity contribution in [3.63, 3.8) is 0 Å². The van der Waals surface area contributed by atoms with Gasteiger partial charge in [0.2, 0.25) is 0 Å². The van der Waals surface area contributed by atoms with Crippen molar-refractivity contribution in [2.24, 2.45) is 0 Å². The zero-order valence-electron chi connectivity index (χ0n) is 12.2. The van der Waals surface area contributed by atoms with Gasteiger partial charge in [0.05, 0.1) is 18.8 Å². The number of nitrogens with zero attached hydrogens (tertiary/aromatic N) is 1. The van der Waals surface area contributed by atoms with Crippen LogP contribution in [-0.4, -0.2) is 19.1 Å². The van der Waals surface area contributed by atoms with Crippen LogP contribution < -0.4 is 14.4 Å². The van der Waals surface area contributed by atoms with E-state index in [1.165, 1.54) is 0 Å². The number of amides is 1. The average Bonchev–Trinajstić information content (AvgIpc) is 2.68. The second kappa shape index (κ2) is 6.40. The number of ether oxygens (including phenoxy) is 2. The van der Waals surface area contributed by atoms with Gasteiger partial charge in [-0.25, -0.2) is 0 Å². The van der Waals surface area contributed by atoms with E-state index < -0.39 is 0 Å². The lowest BCUT2D eigenvalue weighted by Gasteiger charge is -2.21. The SMILES string of the molecule is CCOc1cccc2c1OCC(=O)N(c1ccccc1Br)C2. The molecule has 0 atom stereocenters. The number of fused-ring (bicyclic) bond motifs is 1. The number of anilines is 1. The van der Waals surface area contributed by atoms with Gasteiger partial charge >= 0.3 is 0 Å². The summed E-state index contributed by atoms with van der Waals surface area (Å²) in [5, 5.41) is 0. The molecular formula is C17H16BrNO3. The highest BCUT2D eigenvalue weighted by Gasteiger charge is 2.26. The molecule has 1 amide bonds. The molecule has 3 rings (SSSR count). The largest absolute Gasteiger partial charge is 0.490 e. The van der Waals surface area contributed by atoms with E-state index in [4.69, 9.17) is 9.47 Å². The summed E-state index contributed by atoms with van der Waals surface area (Å²) in [6, 6.07) is 13.4. The molecule has 114 valence electrons. The van der Waals surface area contributed by atoms with Crippen molar-refractivity contribution < 1.29 is 14.3 Å². The van der Waals surface area contributed by atoms with Gasteiger partial charge in [0, 0.05) is 10.0 Å². The third-order valence-corrected chi connectivity index (χ3v) is 4.14. The predicted octanol–water partition coefficient (Wildman–Crippen LogP) is 3.77. The highest BCUT2D eigenvalue weighted by molar-refractivity contribution is 9.10. The van der Waals surface area contributed by atoms with Crippen molar-refractivity contribution in [3.05, 3.63) is 52.5 Å². The van der Waals surface area contributed by atoms with Gasteiger partial charge in [-0.15, -0.1) is 0 Å². The van der Waals surface area contributed by atoms with E-state index in [2.05, 4.69) is 15.9 Å². The minimum atomic E-state index is -0.0782. The number of hydrogen-bond donors (Lipinski definition) is 0. The molecule has 2 aromatic carbocycles. The molecular weight excluding hydrogens is 346 g/mol. The lowest BCUT2D eigenvalue weighted by Crippen LogP contribution is -2.32. The summed E-state index contributed by atoms with van der Waals surface area (Å²) in [5.41, 5.74) is 1.78. The Morgan fingerprint density at radius 3 is 2.82 bits per heavy atom. The number of benzene rings is 2. The lowest BCUT2D eigenvalue weighted by atomic mass is 10.1. The monoisotopic (exact) mass is 361 g/mol. The van der Waals surface area contributed by atoms with E-state index in [1.54, 1.807) is 4.90 Å². The van der Waals surface area contributed by atoms with E-state index in [0.717, 1.165) is 15.7 Å². The standard InChI is InChI=1S/C17H16BrNO3/c1-2-21-15-9-5-6-12-10-19(16(20)11-22-17(12)15)14-8-4-3-7-13(14)18/h3-9H,2,10-11H2,1H3. The molecule has 1 aliphatic rings. The van der Waals surface area contributed by atoms with Gasteiger partial charge in [-0.3, -0.25) is 4.79 Å². The Labute approximate surface area is 137 Å². The molecule has 0 saturated carbocycles. The molecule has 0 N–H and O–H groups in total. The van der Waals surface area contributed by atoms with E-state index >= 15 is 0 Å². The Kier molecular flexibility index (Phi) is 4.34. The van der Waals surface area contributed by atoms with Crippen LogP contribution in [0.15, 0.2) is 46.9 Å². The highest BCUT2D eigenvalue weighted by atomic mass is 79.9. The zero-order chi connectivity index (χ0) is 15.5. The van der Waals surface area contributed by atoms with Gasteiger partial charge in [-0.05, 0) is 41.1 Å². The first-order chi connectivity index (χ1) is 10.7. The smallest absolute Gasteiger partial charge is 0.265 e. The van der Waals surface area contributed by atoms with E-state index in [1.807, 2.05) is 49.4 Å². The van der Waals surface area contributed by atoms with Crippen molar-refractivity contribution in [2.45, 2.75) is 13.5 Å². The maximum absolute atomic E-state index is 12.4. The Bertz CT molecular complexity index is 702. The molecule has 4 nitrogen and oxygen atoms in total. The van der Waals surface area contributed by atoms with Crippen LogP contribution in [0.3, 0.4) is 0 Å². The van der Waals surface area contributed by atoms with E-state index in [0.29, 0.717) is 24.7 Å². The number of carbonyl (C=O) groups is 1. The summed E-state index contributed by atoms with van der Waals surface area (Å²) in [4.78, 5) is 14.2. The number of carbonyl (C=O) groups excluding carboxylic acids is 1. The highest BCUT2D eigenvalue weighted by Crippen LogP contribution is 2.36. The fraction of sp³-hybridized carbons (Fsp3) is 0.235. The maximum atomic E-state index is 12.4. The summed E-state index contributed by atoms with van der Waals surface area (Å²) in [6.45, 7) is 2.94. The molecule has 0 fully saturated rings. The molecule has 2 aromatic rings. The van der Waals surface area contributed by atoms with Crippen LogP contribution in [0.5, 0.6) is 11.5 Å². The summed E-state index contributed by atoms with van der Waals surface area (Å²) in [7, 11) is 0. The molecule has 0 bridgehead atoms. The van der Waals surface area contributed by atoms with Crippen LogP contribution in [0.1, 0.15) is 12.5 Å². The van der Waals surface area contributed by atoms with Crippen LogP contribution in [0.2, 0.25) is 0 Å². The number of rotatable bonds is 3. The maximum Gasteiger partial charge on any atom is 0.265 e. The quantitative estimate of drug-likeness (QED) is 0.834. The second-order valence-corrected chi connectivity index (χ2v) is 5.75. The van der Waals surface area contributed by atoms with Crippen LogP contribution in [0.4, 0.5) is 5.69 Å². The molecule has 0 aromatic heterocycles. The van der Waals surface area contributed by atoms with Gasteiger partial charge in [0.15, 0.2) is 18.1 Å². The second-order valence-electron chi connectivity index (χ2n) is 4.90. The summed E-state index contributed by atoms with van der Waals surface area (Å²) >= 11 is 3.50. The van der Waals surface area contributed by atoms with Crippen molar-refractivity contribution in [2.75, 3.05) is 18.1 Å². The number of halogens is 1. The first-order valence-electron chi connectivity index (χ1n) is 7.13. The van der Waals surface area contributed by atoms with Crippen molar-refractivity contribution in [1.82, 2.24) is 0 Å². The Balaban J connectivity index is 2.01. The first kappa shape index (κ1) is 14.9. The summed E-state index contributed by atoms with van der Waals surface area (Å²) < 4.78 is 12.2. The molecule has 22 heavy (non-hydrogen) atoms. The minimum Gasteiger partial charge on any atom is -0.490 e. The van der Waals surface area contributed by atoms with Gasteiger partial charge < -0.3 is 14.4 Å². The fourth-order valence-electron chi connectivity index (χ4n) is 2.48.